The maximum absolute atomic E-state index is 12.3. The SMILES string of the molecule is C=CCN(Cc1ccc(Br)s1)C(=O)CSc1n[nH]c(N)n1. The van der Waals surface area contributed by atoms with Crippen molar-refractivity contribution in [2.75, 3.05) is 18.0 Å². The molecule has 0 saturated carbocycles. The summed E-state index contributed by atoms with van der Waals surface area (Å²) in [5.74, 6) is 0.515. The number of carbonyl (C=O) groups is 1. The van der Waals surface area contributed by atoms with Gasteiger partial charge in [0.2, 0.25) is 17.0 Å². The van der Waals surface area contributed by atoms with Gasteiger partial charge in [0.1, 0.15) is 0 Å². The average Bonchev–Trinajstić information content (AvgIpc) is 3.04. The van der Waals surface area contributed by atoms with E-state index in [1.54, 1.807) is 22.3 Å². The molecule has 2 aromatic heterocycles. The van der Waals surface area contributed by atoms with Crippen molar-refractivity contribution in [1.29, 1.82) is 0 Å². The van der Waals surface area contributed by atoms with Gasteiger partial charge in [-0.3, -0.25) is 4.79 Å². The van der Waals surface area contributed by atoms with Gasteiger partial charge in [0, 0.05) is 11.4 Å². The highest BCUT2D eigenvalue weighted by Crippen LogP contribution is 2.23. The van der Waals surface area contributed by atoms with E-state index in [1.165, 1.54) is 11.8 Å². The Labute approximate surface area is 138 Å². The Balaban J connectivity index is 1.93. The van der Waals surface area contributed by atoms with Crippen LogP contribution >= 0.6 is 39.0 Å². The number of nitrogens with two attached hydrogens (primary N) is 1. The molecule has 0 saturated heterocycles. The zero-order chi connectivity index (χ0) is 15.2. The molecule has 112 valence electrons. The number of anilines is 1. The molecule has 21 heavy (non-hydrogen) atoms. The Bertz CT molecular complexity index is 627. The van der Waals surface area contributed by atoms with Crippen LogP contribution in [0.15, 0.2) is 33.7 Å². The fourth-order valence-corrected chi connectivity index (χ4v) is 3.78. The van der Waals surface area contributed by atoms with Gasteiger partial charge < -0.3 is 10.6 Å². The maximum Gasteiger partial charge on any atom is 0.233 e. The molecule has 9 heteroatoms. The molecule has 0 fully saturated rings. The lowest BCUT2D eigenvalue weighted by atomic mass is 10.4. The quantitative estimate of drug-likeness (QED) is 0.562. The first-order valence-corrected chi connectivity index (χ1v) is 8.61. The molecule has 0 aromatic carbocycles. The van der Waals surface area contributed by atoms with Crippen molar-refractivity contribution in [2.45, 2.75) is 11.7 Å². The van der Waals surface area contributed by atoms with Crippen LogP contribution in [0.3, 0.4) is 0 Å². The second-order valence-corrected chi connectivity index (χ2v) is 7.55. The highest BCUT2D eigenvalue weighted by Gasteiger charge is 2.15. The van der Waals surface area contributed by atoms with Crippen LogP contribution in [-0.4, -0.2) is 38.3 Å². The number of aromatic nitrogens is 3. The van der Waals surface area contributed by atoms with Crippen molar-refractivity contribution >= 4 is 50.9 Å². The van der Waals surface area contributed by atoms with Gasteiger partial charge in [-0.25, -0.2) is 5.10 Å². The Morgan fingerprint density at radius 3 is 3.00 bits per heavy atom. The molecule has 1 amide bonds. The number of nitrogens with zero attached hydrogens (tertiary/aromatic N) is 3. The molecule has 3 N–H and O–H groups in total. The second-order valence-electron chi connectivity index (χ2n) is 4.06. The predicted molar refractivity (Wildman–Crippen MR) is 89.2 cm³/mol. The van der Waals surface area contributed by atoms with Crippen molar-refractivity contribution < 1.29 is 4.79 Å². The van der Waals surface area contributed by atoms with Gasteiger partial charge in [-0.15, -0.1) is 23.0 Å². The van der Waals surface area contributed by atoms with Gasteiger partial charge in [-0.2, -0.15) is 4.98 Å². The summed E-state index contributed by atoms with van der Waals surface area (Å²) in [6, 6.07) is 3.98. The first kappa shape index (κ1) is 16.1. The number of H-pyrrole nitrogens is 1. The van der Waals surface area contributed by atoms with Gasteiger partial charge in [-0.1, -0.05) is 17.8 Å². The monoisotopic (exact) mass is 387 g/mol. The third kappa shape index (κ3) is 4.87. The van der Waals surface area contributed by atoms with Crippen molar-refractivity contribution in [3.63, 3.8) is 0 Å². The first-order chi connectivity index (χ1) is 10.1. The van der Waals surface area contributed by atoms with Crippen molar-refractivity contribution in [2.24, 2.45) is 0 Å². The summed E-state index contributed by atoms with van der Waals surface area (Å²) in [5.41, 5.74) is 5.44. The lowest BCUT2D eigenvalue weighted by Gasteiger charge is -2.19. The molecular weight excluding hydrogens is 374 g/mol. The van der Waals surface area contributed by atoms with Crippen LogP contribution < -0.4 is 5.73 Å². The molecule has 2 rings (SSSR count). The summed E-state index contributed by atoms with van der Waals surface area (Å²) in [4.78, 5) is 19.1. The van der Waals surface area contributed by atoms with E-state index in [0.717, 1.165) is 8.66 Å². The minimum atomic E-state index is 0.00722. The molecule has 0 unspecified atom stereocenters. The summed E-state index contributed by atoms with van der Waals surface area (Å²) in [7, 11) is 0. The normalized spacial score (nSPS) is 10.5. The largest absolute Gasteiger partial charge is 0.368 e. The van der Waals surface area contributed by atoms with E-state index in [2.05, 4.69) is 37.7 Å². The lowest BCUT2D eigenvalue weighted by molar-refractivity contribution is -0.128. The van der Waals surface area contributed by atoms with Crippen LogP contribution in [-0.2, 0) is 11.3 Å². The van der Waals surface area contributed by atoms with E-state index in [9.17, 15) is 4.79 Å². The number of hydrogen-bond acceptors (Lipinski definition) is 6. The second kappa shape index (κ2) is 7.62. The van der Waals surface area contributed by atoms with Gasteiger partial charge in [0.05, 0.1) is 16.1 Å². The molecule has 0 radical (unpaired) electrons. The smallest absolute Gasteiger partial charge is 0.233 e. The van der Waals surface area contributed by atoms with Gasteiger partial charge in [-0.05, 0) is 28.1 Å². The topological polar surface area (TPSA) is 87.9 Å². The number of hydrogen-bond donors (Lipinski definition) is 2. The fraction of sp³-hybridized carbons (Fsp3) is 0.250. The zero-order valence-electron chi connectivity index (χ0n) is 11.1. The Morgan fingerprint density at radius 2 is 2.43 bits per heavy atom. The summed E-state index contributed by atoms with van der Waals surface area (Å²) in [6.45, 7) is 4.77. The third-order valence-electron chi connectivity index (χ3n) is 2.48. The first-order valence-electron chi connectivity index (χ1n) is 6.02. The average molecular weight is 388 g/mol. The number of rotatable bonds is 7. The van der Waals surface area contributed by atoms with E-state index in [-0.39, 0.29) is 17.6 Å². The highest BCUT2D eigenvalue weighted by molar-refractivity contribution is 9.11. The molecule has 2 heterocycles. The van der Waals surface area contributed by atoms with Crippen LogP contribution in [0.2, 0.25) is 0 Å². The van der Waals surface area contributed by atoms with Crippen molar-refractivity contribution in [1.82, 2.24) is 20.1 Å². The standard InChI is InChI=1S/C12H14BrN5OS2/c1-2-5-18(6-8-3-4-9(13)21-8)10(19)7-20-12-15-11(14)16-17-12/h2-4H,1,5-7H2,(H3,14,15,16,17). The molecule has 2 aromatic rings. The molecule has 0 aliphatic heterocycles. The van der Waals surface area contributed by atoms with Crippen LogP contribution in [0, 0.1) is 0 Å². The Morgan fingerprint density at radius 1 is 1.62 bits per heavy atom. The summed E-state index contributed by atoms with van der Waals surface area (Å²) >= 11 is 6.29. The molecule has 6 nitrogen and oxygen atoms in total. The van der Waals surface area contributed by atoms with Crippen molar-refractivity contribution in [3.05, 3.63) is 33.5 Å². The number of nitrogen functional groups attached to an aromatic ring is 1. The van der Waals surface area contributed by atoms with Crippen molar-refractivity contribution in [3.8, 4) is 0 Å². The molecular formula is C12H14BrN5OS2. The number of thiophene rings is 1. The zero-order valence-corrected chi connectivity index (χ0v) is 14.3. The van der Waals surface area contributed by atoms with E-state index in [4.69, 9.17) is 5.73 Å². The van der Waals surface area contributed by atoms with E-state index < -0.39 is 0 Å². The maximum atomic E-state index is 12.3. The Kier molecular flexibility index (Phi) is 5.83. The van der Waals surface area contributed by atoms with Crippen LogP contribution in [0.1, 0.15) is 4.88 Å². The number of aromatic amines is 1. The van der Waals surface area contributed by atoms with E-state index in [0.29, 0.717) is 18.2 Å². The van der Waals surface area contributed by atoms with Gasteiger partial charge >= 0.3 is 0 Å². The minimum absolute atomic E-state index is 0.00722. The highest BCUT2D eigenvalue weighted by atomic mass is 79.9. The molecule has 0 aliphatic rings. The predicted octanol–water partition coefficient (Wildman–Crippen LogP) is 2.52. The van der Waals surface area contributed by atoms with Gasteiger partial charge in [0.15, 0.2) is 0 Å². The number of amides is 1. The summed E-state index contributed by atoms with van der Waals surface area (Å²) in [6.07, 6.45) is 1.72. The number of carbonyl (C=O) groups excluding carboxylic acids is 1. The summed E-state index contributed by atoms with van der Waals surface area (Å²) in [5, 5.41) is 6.90. The number of halogens is 1. The molecule has 0 spiro atoms. The van der Waals surface area contributed by atoms with Gasteiger partial charge in [0.25, 0.3) is 0 Å². The Hall–Kier alpha value is -1.32. The molecule has 0 bridgehead atoms. The van der Waals surface area contributed by atoms with Crippen LogP contribution in [0.5, 0.6) is 0 Å². The molecule has 0 atom stereocenters. The van der Waals surface area contributed by atoms with E-state index in [1.807, 2.05) is 12.1 Å². The fourth-order valence-electron chi connectivity index (χ4n) is 1.58. The lowest BCUT2D eigenvalue weighted by Crippen LogP contribution is -2.31. The summed E-state index contributed by atoms with van der Waals surface area (Å²) < 4.78 is 1.05. The van der Waals surface area contributed by atoms with E-state index >= 15 is 0 Å². The third-order valence-corrected chi connectivity index (χ3v) is 4.93. The number of nitrogens with one attached hydrogen (secondary N) is 1. The number of thioether (sulfide) groups is 1. The molecule has 0 aliphatic carbocycles. The van der Waals surface area contributed by atoms with Crippen LogP contribution in [0.25, 0.3) is 0 Å². The van der Waals surface area contributed by atoms with Crippen LogP contribution in [0.4, 0.5) is 5.95 Å². The minimum Gasteiger partial charge on any atom is -0.368 e.